The van der Waals surface area contributed by atoms with Gasteiger partial charge in [-0.05, 0) is 20.8 Å². The first kappa shape index (κ1) is 15.8. The molecule has 110 valence electrons. The number of nitrogens with zero attached hydrogens (tertiary/aromatic N) is 2. The summed E-state index contributed by atoms with van der Waals surface area (Å²) >= 11 is 0. The lowest BCUT2D eigenvalue weighted by Gasteiger charge is -2.35. The van der Waals surface area contributed by atoms with Crippen molar-refractivity contribution in [3.63, 3.8) is 0 Å². The molecule has 1 fully saturated rings. The number of ether oxygens (including phenoxy) is 1. The minimum Gasteiger partial charge on any atom is -0.444 e. The molecule has 0 aromatic heterocycles. The molecule has 1 aliphatic rings. The van der Waals surface area contributed by atoms with Gasteiger partial charge in [0, 0.05) is 46.2 Å². The van der Waals surface area contributed by atoms with Gasteiger partial charge in [0.05, 0.1) is 0 Å². The first-order valence-electron chi connectivity index (χ1n) is 6.72. The van der Waals surface area contributed by atoms with Crippen molar-refractivity contribution in [3.8, 4) is 0 Å². The molecule has 1 N–H and O–H groups in total. The predicted molar refractivity (Wildman–Crippen MR) is 72.9 cm³/mol. The van der Waals surface area contributed by atoms with E-state index < -0.39 is 5.60 Å². The lowest BCUT2D eigenvalue weighted by Crippen LogP contribution is -2.50. The summed E-state index contributed by atoms with van der Waals surface area (Å²) in [6, 6.07) is 0. The molecule has 6 heteroatoms. The Balaban J connectivity index is 2.29. The zero-order chi connectivity index (χ0) is 14.5. The van der Waals surface area contributed by atoms with E-state index in [0.717, 1.165) is 19.6 Å². The monoisotopic (exact) mass is 271 g/mol. The van der Waals surface area contributed by atoms with Crippen LogP contribution in [0.25, 0.3) is 0 Å². The van der Waals surface area contributed by atoms with Gasteiger partial charge in [-0.2, -0.15) is 0 Å². The second-order valence-electron chi connectivity index (χ2n) is 5.73. The number of amides is 2. The molecule has 0 atom stereocenters. The van der Waals surface area contributed by atoms with Gasteiger partial charge in [-0.25, -0.2) is 4.79 Å². The highest BCUT2D eigenvalue weighted by molar-refractivity contribution is 5.75. The Morgan fingerprint density at radius 2 is 1.74 bits per heavy atom. The number of nitrogens with one attached hydrogen (secondary N) is 1. The van der Waals surface area contributed by atoms with Gasteiger partial charge >= 0.3 is 6.09 Å². The fourth-order valence-electron chi connectivity index (χ4n) is 1.87. The Labute approximate surface area is 115 Å². The van der Waals surface area contributed by atoms with Gasteiger partial charge in [0.15, 0.2) is 0 Å². The Morgan fingerprint density at radius 1 is 1.16 bits per heavy atom. The third kappa shape index (κ3) is 5.92. The van der Waals surface area contributed by atoms with Crippen LogP contribution in [0.1, 0.15) is 27.2 Å². The third-order valence-electron chi connectivity index (χ3n) is 2.96. The molecule has 2 amide bonds. The van der Waals surface area contributed by atoms with Crippen molar-refractivity contribution >= 4 is 12.0 Å². The van der Waals surface area contributed by atoms with E-state index >= 15 is 0 Å². The highest BCUT2D eigenvalue weighted by Crippen LogP contribution is 2.11. The van der Waals surface area contributed by atoms with Gasteiger partial charge in [0.1, 0.15) is 5.60 Å². The summed E-state index contributed by atoms with van der Waals surface area (Å²) < 4.78 is 5.33. The Morgan fingerprint density at radius 3 is 2.21 bits per heavy atom. The van der Waals surface area contributed by atoms with Gasteiger partial charge in [-0.1, -0.05) is 0 Å². The zero-order valence-corrected chi connectivity index (χ0v) is 12.4. The smallest absolute Gasteiger partial charge is 0.410 e. The van der Waals surface area contributed by atoms with Crippen LogP contribution in [0, 0.1) is 0 Å². The van der Waals surface area contributed by atoms with Crippen molar-refractivity contribution in [3.05, 3.63) is 0 Å². The molecule has 1 saturated heterocycles. The van der Waals surface area contributed by atoms with E-state index in [1.807, 2.05) is 20.8 Å². The fraction of sp³-hybridized carbons (Fsp3) is 0.846. The zero-order valence-electron chi connectivity index (χ0n) is 12.4. The van der Waals surface area contributed by atoms with Crippen molar-refractivity contribution in [1.29, 1.82) is 0 Å². The average molecular weight is 271 g/mol. The molecule has 0 unspecified atom stereocenters. The second-order valence-corrected chi connectivity index (χ2v) is 5.73. The number of rotatable bonds is 3. The molecule has 0 saturated carbocycles. The standard InChI is InChI=1S/C13H25N3O3/c1-13(2,3)19-12(18)16-9-7-15(8-10-16)6-5-11(17)14-4/h5-10H2,1-4H3,(H,14,17). The lowest BCUT2D eigenvalue weighted by atomic mass is 10.2. The van der Waals surface area contributed by atoms with Gasteiger partial charge < -0.3 is 15.0 Å². The van der Waals surface area contributed by atoms with Crippen LogP contribution in [-0.2, 0) is 9.53 Å². The summed E-state index contributed by atoms with van der Waals surface area (Å²) in [4.78, 5) is 26.9. The molecule has 0 aromatic carbocycles. The molecular weight excluding hydrogens is 246 g/mol. The number of carbonyl (C=O) groups is 2. The predicted octanol–water partition coefficient (Wildman–Crippen LogP) is 0.675. The van der Waals surface area contributed by atoms with Crippen LogP contribution < -0.4 is 5.32 Å². The van der Waals surface area contributed by atoms with Crippen LogP contribution in [0.4, 0.5) is 4.79 Å². The first-order chi connectivity index (χ1) is 8.81. The van der Waals surface area contributed by atoms with Crippen molar-refractivity contribution in [2.24, 2.45) is 0 Å². The van der Waals surface area contributed by atoms with Gasteiger partial charge in [0.2, 0.25) is 5.91 Å². The van der Waals surface area contributed by atoms with Gasteiger partial charge in [0.25, 0.3) is 0 Å². The van der Waals surface area contributed by atoms with Crippen LogP contribution in [0.5, 0.6) is 0 Å². The quantitative estimate of drug-likeness (QED) is 0.820. The van der Waals surface area contributed by atoms with E-state index in [4.69, 9.17) is 4.74 Å². The van der Waals surface area contributed by atoms with E-state index in [-0.39, 0.29) is 12.0 Å². The fourth-order valence-corrected chi connectivity index (χ4v) is 1.87. The van der Waals surface area contributed by atoms with E-state index in [1.54, 1.807) is 11.9 Å². The van der Waals surface area contributed by atoms with E-state index in [0.29, 0.717) is 19.5 Å². The molecule has 0 bridgehead atoms. The van der Waals surface area contributed by atoms with Gasteiger partial charge in [-0.15, -0.1) is 0 Å². The van der Waals surface area contributed by atoms with Crippen LogP contribution in [0.15, 0.2) is 0 Å². The van der Waals surface area contributed by atoms with Crippen LogP contribution in [-0.4, -0.2) is 67.2 Å². The normalized spacial score (nSPS) is 17.2. The highest BCUT2D eigenvalue weighted by Gasteiger charge is 2.25. The average Bonchev–Trinajstić information content (AvgIpc) is 2.34. The van der Waals surface area contributed by atoms with Crippen molar-refractivity contribution in [2.75, 3.05) is 39.8 Å². The van der Waals surface area contributed by atoms with Crippen LogP contribution >= 0.6 is 0 Å². The van der Waals surface area contributed by atoms with Crippen molar-refractivity contribution in [1.82, 2.24) is 15.1 Å². The summed E-state index contributed by atoms with van der Waals surface area (Å²) in [6.45, 7) is 9.22. The van der Waals surface area contributed by atoms with E-state index in [2.05, 4.69) is 10.2 Å². The molecular formula is C13H25N3O3. The Hall–Kier alpha value is -1.30. The van der Waals surface area contributed by atoms with Crippen LogP contribution in [0.2, 0.25) is 0 Å². The minimum absolute atomic E-state index is 0.0505. The highest BCUT2D eigenvalue weighted by atomic mass is 16.6. The van der Waals surface area contributed by atoms with E-state index in [1.165, 1.54) is 0 Å². The molecule has 19 heavy (non-hydrogen) atoms. The summed E-state index contributed by atoms with van der Waals surface area (Å²) in [6.07, 6.45) is 0.251. The Kier molecular flexibility index (Phi) is 5.60. The summed E-state index contributed by atoms with van der Waals surface area (Å²) in [5.41, 5.74) is -0.451. The SMILES string of the molecule is CNC(=O)CCN1CCN(C(=O)OC(C)(C)C)CC1. The van der Waals surface area contributed by atoms with Gasteiger partial charge in [-0.3, -0.25) is 9.69 Å². The molecule has 6 nitrogen and oxygen atoms in total. The number of carbonyl (C=O) groups excluding carboxylic acids is 2. The molecule has 1 heterocycles. The maximum absolute atomic E-state index is 11.9. The molecule has 1 aliphatic heterocycles. The second kappa shape index (κ2) is 6.75. The van der Waals surface area contributed by atoms with Crippen molar-refractivity contribution < 1.29 is 14.3 Å². The summed E-state index contributed by atoms with van der Waals surface area (Å²) in [5, 5.41) is 2.61. The minimum atomic E-state index is -0.451. The Bertz CT molecular complexity index is 318. The van der Waals surface area contributed by atoms with Crippen LogP contribution in [0.3, 0.4) is 0 Å². The lowest BCUT2D eigenvalue weighted by molar-refractivity contribution is -0.121. The number of hydrogen-bond donors (Lipinski definition) is 1. The maximum Gasteiger partial charge on any atom is 0.410 e. The molecule has 0 radical (unpaired) electrons. The number of hydrogen-bond acceptors (Lipinski definition) is 4. The maximum atomic E-state index is 11.9. The molecule has 0 spiro atoms. The van der Waals surface area contributed by atoms with Crippen molar-refractivity contribution in [2.45, 2.75) is 32.8 Å². The largest absolute Gasteiger partial charge is 0.444 e. The molecule has 0 aromatic rings. The molecule has 1 rings (SSSR count). The first-order valence-corrected chi connectivity index (χ1v) is 6.72. The molecule has 0 aliphatic carbocycles. The summed E-state index contributed by atoms with van der Waals surface area (Å²) in [5.74, 6) is 0.0505. The third-order valence-corrected chi connectivity index (χ3v) is 2.96. The van der Waals surface area contributed by atoms with E-state index in [9.17, 15) is 9.59 Å². The summed E-state index contributed by atoms with van der Waals surface area (Å²) in [7, 11) is 1.64. The number of piperazine rings is 1. The topological polar surface area (TPSA) is 61.9 Å².